The molecule has 0 saturated carbocycles. The Hall–Kier alpha value is -1.96. The first kappa shape index (κ1) is 21.7. The lowest BCUT2D eigenvalue weighted by Gasteiger charge is -2.22. The fraction of sp³-hybridized carbons (Fsp3) is 0.545. The number of benzene rings is 1. The molecule has 29 heavy (non-hydrogen) atoms. The van der Waals surface area contributed by atoms with Crippen molar-refractivity contribution in [3.05, 3.63) is 51.0 Å². The van der Waals surface area contributed by atoms with Crippen molar-refractivity contribution >= 4 is 17.3 Å². The molecule has 1 aromatic heterocycles. The average Bonchev–Trinajstić information content (AvgIpc) is 3.07. The quantitative estimate of drug-likeness (QED) is 0.510. The number of hydrogen-bond donors (Lipinski definition) is 2. The van der Waals surface area contributed by atoms with Crippen molar-refractivity contribution in [2.45, 2.75) is 52.4 Å². The van der Waals surface area contributed by atoms with E-state index in [0.29, 0.717) is 12.7 Å². The average molecular weight is 417 g/mol. The summed E-state index contributed by atoms with van der Waals surface area (Å²) < 4.78 is 11.4. The van der Waals surface area contributed by atoms with Crippen LogP contribution in [0.3, 0.4) is 0 Å². The predicted molar refractivity (Wildman–Crippen MR) is 119 cm³/mol. The third kappa shape index (κ3) is 7.10. The molecule has 0 amide bonds. The van der Waals surface area contributed by atoms with Gasteiger partial charge in [0.05, 0.1) is 23.4 Å². The second-order valence-corrected chi connectivity index (χ2v) is 8.58. The zero-order chi connectivity index (χ0) is 20.5. The summed E-state index contributed by atoms with van der Waals surface area (Å²) in [4.78, 5) is 10.2. The second kappa shape index (κ2) is 11.3. The maximum Gasteiger partial charge on any atom is 0.191 e. The summed E-state index contributed by atoms with van der Waals surface area (Å²) in [5.74, 6) is 0.804. The van der Waals surface area contributed by atoms with Crippen molar-refractivity contribution in [1.29, 1.82) is 0 Å². The molecule has 0 radical (unpaired) electrons. The van der Waals surface area contributed by atoms with Gasteiger partial charge in [-0.3, -0.25) is 4.99 Å². The van der Waals surface area contributed by atoms with Crippen molar-refractivity contribution in [2.24, 2.45) is 4.99 Å². The van der Waals surface area contributed by atoms with E-state index in [1.807, 2.05) is 0 Å². The summed E-state index contributed by atoms with van der Waals surface area (Å²) in [6, 6.07) is 8.52. The lowest BCUT2D eigenvalue weighted by atomic mass is 10.1. The van der Waals surface area contributed by atoms with Gasteiger partial charge in [0.15, 0.2) is 5.96 Å². The number of nitrogens with one attached hydrogen (secondary N) is 2. The number of guanidine groups is 1. The van der Waals surface area contributed by atoms with Gasteiger partial charge >= 0.3 is 0 Å². The molecule has 0 aliphatic carbocycles. The molecular formula is C22H32N4O2S. The normalized spacial score (nSPS) is 15.5. The monoisotopic (exact) mass is 416 g/mol. The fourth-order valence-electron chi connectivity index (χ4n) is 3.23. The Balaban J connectivity index is 1.41. The van der Waals surface area contributed by atoms with E-state index in [2.05, 4.69) is 58.7 Å². The van der Waals surface area contributed by atoms with E-state index in [-0.39, 0.29) is 0 Å². The highest BCUT2D eigenvalue weighted by atomic mass is 32.1. The molecule has 0 spiro atoms. The molecule has 2 heterocycles. The van der Waals surface area contributed by atoms with Gasteiger partial charge in [0, 0.05) is 44.6 Å². The van der Waals surface area contributed by atoms with Crippen molar-refractivity contribution in [1.82, 2.24) is 15.6 Å². The van der Waals surface area contributed by atoms with Gasteiger partial charge in [-0.05, 0) is 37.8 Å². The summed E-state index contributed by atoms with van der Waals surface area (Å²) >= 11 is 1.77. The van der Waals surface area contributed by atoms with Crippen molar-refractivity contribution in [2.75, 3.05) is 26.8 Å². The number of thiazole rings is 1. The van der Waals surface area contributed by atoms with Crippen LogP contribution < -0.4 is 10.6 Å². The molecule has 0 atom stereocenters. The molecule has 1 saturated heterocycles. The fourth-order valence-corrected chi connectivity index (χ4v) is 4.16. The third-order valence-electron chi connectivity index (χ3n) is 5.03. The number of ether oxygens (including phenoxy) is 2. The predicted octanol–water partition coefficient (Wildman–Crippen LogP) is 3.36. The molecule has 7 heteroatoms. The minimum absolute atomic E-state index is 0.318. The molecule has 2 aromatic rings. The Bertz CT molecular complexity index is 780. The molecule has 1 aliphatic heterocycles. The van der Waals surface area contributed by atoms with Crippen LogP contribution in [0.2, 0.25) is 0 Å². The van der Waals surface area contributed by atoms with Crippen LogP contribution in [0.4, 0.5) is 0 Å². The zero-order valence-corrected chi connectivity index (χ0v) is 18.5. The van der Waals surface area contributed by atoms with E-state index in [1.165, 1.54) is 21.0 Å². The number of rotatable bonds is 8. The van der Waals surface area contributed by atoms with Gasteiger partial charge in [-0.25, -0.2) is 4.98 Å². The Morgan fingerprint density at radius 3 is 2.76 bits per heavy atom. The lowest BCUT2D eigenvalue weighted by molar-refractivity contribution is -0.0390. The van der Waals surface area contributed by atoms with Crippen LogP contribution in [0.5, 0.6) is 0 Å². The zero-order valence-electron chi connectivity index (χ0n) is 17.7. The van der Waals surface area contributed by atoms with Crippen LogP contribution in [-0.2, 0) is 29.0 Å². The molecule has 2 N–H and O–H groups in total. The first-order valence-corrected chi connectivity index (χ1v) is 11.1. The maximum atomic E-state index is 6.03. The van der Waals surface area contributed by atoms with Crippen LogP contribution in [-0.4, -0.2) is 43.9 Å². The summed E-state index contributed by atoms with van der Waals surface area (Å²) in [6.07, 6.45) is 3.20. The Labute approximate surface area is 177 Å². The van der Waals surface area contributed by atoms with E-state index in [1.54, 1.807) is 18.4 Å². The number of aryl methyl sites for hydroxylation is 2. The SMILES string of the molecule is CN=C(NCCc1nc(C)c(C)s1)NCc1cccc(COC2CCOCC2)c1. The number of aliphatic imine (C=N–C) groups is 1. The standard InChI is InChI=1S/C22H32N4O2S/c1-16-17(2)29-21(26-16)7-10-24-22(23-3)25-14-18-5-4-6-19(13-18)15-28-20-8-11-27-12-9-20/h4-6,13,20H,7-12,14-15H2,1-3H3,(H2,23,24,25). The van der Waals surface area contributed by atoms with Crippen molar-refractivity contribution < 1.29 is 9.47 Å². The van der Waals surface area contributed by atoms with Crippen LogP contribution in [0, 0.1) is 13.8 Å². The van der Waals surface area contributed by atoms with Crippen molar-refractivity contribution in [3.63, 3.8) is 0 Å². The van der Waals surface area contributed by atoms with Gasteiger partial charge in [-0.1, -0.05) is 24.3 Å². The molecule has 1 aromatic carbocycles. The first-order chi connectivity index (χ1) is 14.1. The molecule has 0 unspecified atom stereocenters. The molecule has 1 aliphatic rings. The highest BCUT2D eigenvalue weighted by molar-refractivity contribution is 7.11. The molecule has 158 valence electrons. The summed E-state index contributed by atoms with van der Waals surface area (Å²) in [7, 11) is 1.80. The topological polar surface area (TPSA) is 67.8 Å². The van der Waals surface area contributed by atoms with Crippen molar-refractivity contribution in [3.8, 4) is 0 Å². The minimum Gasteiger partial charge on any atom is -0.381 e. The second-order valence-electron chi connectivity index (χ2n) is 7.29. The Kier molecular flexibility index (Phi) is 8.46. The lowest BCUT2D eigenvalue weighted by Crippen LogP contribution is -2.37. The van der Waals surface area contributed by atoms with Gasteiger partial charge < -0.3 is 20.1 Å². The number of nitrogens with zero attached hydrogens (tertiary/aromatic N) is 2. The summed E-state index contributed by atoms with van der Waals surface area (Å²) in [5.41, 5.74) is 3.55. The molecule has 6 nitrogen and oxygen atoms in total. The molecule has 3 rings (SSSR count). The van der Waals surface area contributed by atoms with Gasteiger partial charge in [0.2, 0.25) is 0 Å². The highest BCUT2D eigenvalue weighted by Gasteiger charge is 2.14. The van der Waals surface area contributed by atoms with Crippen LogP contribution in [0.1, 0.15) is 39.5 Å². The largest absolute Gasteiger partial charge is 0.381 e. The van der Waals surface area contributed by atoms with Gasteiger partial charge in [0.25, 0.3) is 0 Å². The van der Waals surface area contributed by atoms with Gasteiger partial charge in [-0.15, -0.1) is 11.3 Å². The summed E-state index contributed by atoms with van der Waals surface area (Å²) in [5, 5.41) is 7.92. The number of aromatic nitrogens is 1. The van der Waals surface area contributed by atoms with E-state index >= 15 is 0 Å². The Morgan fingerprint density at radius 2 is 2.03 bits per heavy atom. The van der Waals surface area contributed by atoms with E-state index in [4.69, 9.17) is 9.47 Å². The van der Waals surface area contributed by atoms with E-state index in [0.717, 1.165) is 57.2 Å². The maximum absolute atomic E-state index is 6.03. The number of hydrogen-bond acceptors (Lipinski definition) is 5. The summed E-state index contributed by atoms with van der Waals surface area (Å²) in [6.45, 7) is 7.98. The molecule has 0 bridgehead atoms. The minimum atomic E-state index is 0.318. The van der Waals surface area contributed by atoms with Crippen LogP contribution in [0.15, 0.2) is 29.3 Å². The van der Waals surface area contributed by atoms with E-state index in [9.17, 15) is 0 Å². The van der Waals surface area contributed by atoms with E-state index < -0.39 is 0 Å². The first-order valence-electron chi connectivity index (χ1n) is 10.3. The molecular weight excluding hydrogens is 384 g/mol. The van der Waals surface area contributed by atoms with Gasteiger partial charge in [-0.2, -0.15) is 0 Å². The van der Waals surface area contributed by atoms with Crippen LogP contribution in [0.25, 0.3) is 0 Å². The smallest absolute Gasteiger partial charge is 0.191 e. The van der Waals surface area contributed by atoms with Gasteiger partial charge in [0.1, 0.15) is 0 Å². The highest BCUT2D eigenvalue weighted by Crippen LogP contribution is 2.16. The third-order valence-corrected chi connectivity index (χ3v) is 6.17. The van der Waals surface area contributed by atoms with Crippen LogP contribution >= 0.6 is 11.3 Å². The Morgan fingerprint density at radius 1 is 1.24 bits per heavy atom. The molecule has 1 fully saturated rings.